The summed E-state index contributed by atoms with van der Waals surface area (Å²) < 4.78 is 5.31. The van der Waals surface area contributed by atoms with E-state index in [1.807, 2.05) is 0 Å². The van der Waals surface area contributed by atoms with Crippen LogP contribution in [0.2, 0.25) is 0 Å². The fourth-order valence-corrected chi connectivity index (χ4v) is 3.59. The van der Waals surface area contributed by atoms with Crippen LogP contribution in [0, 0.1) is 0 Å². The number of ether oxygens (including phenoxy) is 1. The average Bonchev–Trinajstić information content (AvgIpc) is 2.93. The minimum atomic E-state index is -1.14. The molecule has 6 heteroatoms. The molecular weight excluding hydrogens is 346 g/mol. The summed E-state index contributed by atoms with van der Waals surface area (Å²) in [6.45, 7) is 2.51. The molecule has 1 saturated heterocycles. The fraction of sp³-hybridized carbons (Fsp3) is 0.952. The minimum Gasteiger partial charge on any atom is -0.394 e. The maximum Gasteiger partial charge on any atom is 0.222 e. The van der Waals surface area contributed by atoms with Crippen molar-refractivity contribution in [1.29, 1.82) is 0 Å². The van der Waals surface area contributed by atoms with Crippen molar-refractivity contribution >= 4 is 5.91 Å². The first-order chi connectivity index (χ1) is 13.1. The van der Waals surface area contributed by atoms with Crippen molar-refractivity contribution in [2.45, 2.75) is 115 Å². The van der Waals surface area contributed by atoms with Gasteiger partial charge >= 0.3 is 0 Å². The molecule has 0 aromatic heterocycles. The van der Waals surface area contributed by atoms with Crippen LogP contribution in [0.15, 0.2) is 0 Å². The van der Waals surface area contributed by atoms with Gasteiger partial charge in [-0.2, -0.15) is 0 Å². The van der Waals surface area contributed by atoms with Gasteiger partial charge in [-0.3, -0.25) is 4.79 Å². The van der Waals surface area contributed by atoms with Crippen molar-refractivity contribution in [2.75, 3.05) is 13.2 Å². The SMILES string of the molecule is CCCCCCCCCCCCCCNC(=O)C[C@H]1O[C@H](CO)[C@H](O)[C@H]1O. The highest BCUT2D eigenvalue weighted by Crippen LogP contribution is 2.23. The lowest BCUT2D eigenvalue weighted by atomic mass is 10.0. The topological polar surface area (TPSA) is 99.0 Å². The zero-order valence-electron chi connectivity index (χ0n) is 17.1. The third-order valence-electron chi connectivity index (χ3n) is 5.38. The average molecular weight is 388 g/mol. The van der Waals surface area contributed by atoms with E-state index in [0.717, 1.165) is 12.8 Å². The predicted octanol–water partition coefficient (Wildman–Crippen LogP) is 2.68. The molecule has 1 aliphatic heterocycles. The van der Waals surface area contributed by atoms with Crippen LogP contribution < -0.4 is 5.32 Å². The smallest absolute Gasteiger partial charge is 0.222 e. The third kappa shape index (κ3) is 10.4. The zero-order chi connectivity index (χ0) is 19.9. The zero-order valence-corrected chi connectivity index (χ0v) is 17.1. The molecule has 0 saturated carbocycles. The van der Waals surface area contributed by atoms with E-state index in [1.165, 1.54) is 64.2 Å². The number of hydrogen-bond acceptors (Lipinski definition) is 5. The Bertz CT molecular complexity index is 380. The highest BCUT2D eigenvalue weighted by atomic mass is 16.6. The molecule has 1 amide bonds. The Morgan fingerprint density at radius 1 is 0.815 bits per heavy atom. The van der Waals surface area contributed by atoms with E-state index in [-0.39, 0.29) is 18.9 Å². The van der Waals surface area contributed by atoms with E-state index in [2.05, 4.69) is 12.2 Å². The summed E-state index contributed by atoms with van der Waals surface area (Å²) in [7, 11) is 0. The molecule has 0 aromatic carbocycles. The first kappa shape index (κ1) is 24.3. The fourth-order valence-electron chi connectivity index (χ4n) is 3.59. The normalized spacial score (nSPS) is 25.0. The summed E-state index contributed by atoms with van der Waals surface area (Å²) in [5, 5.41) is 31.4. The molecule has 27 heavy (non-hydrogen) atoms. The van der Waals surface area contributed by atoms with Gasteiger partial charge in [0.1, 0.15) is 18.3 Å². The largest absolute Gasteiger partial charge is 0.394 e. The molecule has 0 radical (unpaired) electrons. The lowest BCUT2D eigenvalue weighted by molar-refractivity contribution is -0.125. The molecule has 6 nitrogen and oxygen atoms in total. The number of aliphatic hydroxyl groups is 3. The van der Waals surface area contributed by atoms with Gasteiger partial charge < -0.3 is 25.4 Å². The van der Waals surface area contributed by atoms with E-state index >= 15 is 0 Å². The molecule has 1 aliphatic rings. The Balaban J connectivity index is 1.90. The van der Waals surface area contributed by atoms with Crippen LogP contribution in [0.5, 0.6) is 0 Å². The summed E-state index contributed by atoms with van der Waals surface area (Å²) in [6, 6.07) is 0. The van der Waals surface area contributed by atoms with Crippen LogP contribution in [-0.4, -0.2) is 58.8 Å². The lowest BCUT2D eigenvalue weighted by Gasteiger charge is -2.14. The molecule has 160 valence electrons. The molecule has 0 spiro atoms. The van der Waals surface area contributed by atoms with Crippen molar-refractivity contribution in [1.82, 2.24) is 5.32 Å². The number of hydrogen-bond donors (Lipinski definition) is 4. The molecular formula is C21H41NO5. The van der Waals surface area contributed by atoms with Crippen molar-refractivity contribution in [3.05, 3.63) is 0 Å². The second-order valence-electron chi connectivity index (χ2n) is 7.82. The molecule has 0 aromatic rings. The Labute approximate surface area is 164 Å². The van der Waals surface area contributed by atoms with Crippen LogP contribution in [0.1, 0.15) is 90.4 Å². The Morgan fingerprint density at radius 2 is 1.30 bits per heavy atom. The van der Waals surface area contributed by atoms with E-state index < -0.39 is 24.4 Å². The van der Waals surface area contributed by atoms with E-state index in [4.69, 9.17) is 9.84 Å². The van der Waals surface area contributed by atoms with Gasteiger partial charge in [-0.25, -0.2) is 0 Å². The highest BCUT2D eigenvalue weighted by molar-refractivity contribution is 5.76. The first-order valence-corrected chi connectivity index (χ1v) is 11.0. The third-order valence-corrected chi connectivity index (χ3v) is 5.38. The number of carbonyl (C=O) groups is 1. The van der Waals surface area contributed by atoms with E-state index in [9.17, 15) is 15.0 Å². The molecule has 1 fully saturated rings. The van der Waals surface area contributed by atoms with Gasteiger partial charge in [0.2, 0.25) is 5.91 Å². The second kappa shape index (κ2) is 15.3. The Hall–Kier alpha value is -0.690. The number of unbranched alkanes of at least 4 members (excludes halogenated alkanes) is 11. The van der Waals surface area contributed by atoms with E-state index in [0.29, 0.717) is 6.54 Å². The summed E-state index contributed by atoms with van der Waals surface area (Å²) >= 11 is 0. The van der Waals surface area contributed by atoms with Gasteiger partial charge in [-0.05, 0) is 6.42 Å². The summed E-state index contributed by atoms with van der Waals surface area (Å²) in [5.41, 5.74) is 0. The van der Waals surface area contributed by atoms with Crippen LogP contribution in [0.25, 0.3) is 0 Å². The standard InChI is InChI=1S/C21H41NO5/c1-2-3-4-5-6-7-8-9-10-11-12-13-14-22-19(24)15-17-20(25)21(26)18(16-23)27-17/h17-18,20-21,23,25-26H,2-16H2,1H3,(H,22,24)/t17-,18-,20+,21+/m1/s1. The maximum atomic E-state index is 11.9. The molecule has 0 unspecified atom stereocenters. The van der Waals surface area contributed by atoms with Crippen LogP contribution in [0.3, 0.4) is 0 Å². The van der Waals surface area contributed by atoms with Crippen molar-refractivity contribution in [3.63, 3.8) is 0 Å². The predicted molar refractivity (Wildman–Crippen MR) is 106 cm³/mol. The molecule has 4 atom stereocenters. The number of rotatable bonds is 16. The van der Waals surface area contributed by atoms with Crippen molar-refractivity contribution in [3.8, 4) is 0 Å². The second-order valence-corrected chi connectivity index (χ2v) is 7.82. The van der Waals surface area contributed by atoms with E-state index in [1.54, 1.807) is 0 Å². The summed E-state index contributed by atoms with van der Waals surface area (Å²) in [5.74, 6) is -0.187. The summed E-state index contributed by atoms with van der Waals surface area (Å²) in [6.07, 6.45) is 11.6. The molecule has 4 N–H and O–H groups in total. The Kier molecular flexibility index (Phi) is 13.8. The molecule has 0 bridgehead atoms. The number of amides is 1. The number of aliphatic hydroxyl groups excluding tert-OH is 3. The molecule has 1 heterocycles. The van der Waals surface area contributed by atoms with Gasteiger partial charge in [0.25, 0.3) is 0 Å². The highest BCUT2D eigenvalue weighted by Gasteiger charge is 2.42. The van der Waals surface area contributed by atoms with Crippen LogP contribution in [0.4, 0.5) is 0 Å². The lowest BCUT2D eigenvalue weighted by Crippen LogP contribution is -2.36. The van der Waals surface area contributed by atoms with Gasteiger partial charge in [0.15, 0.2) is 0 Å². The first-order valence-electron chi connectivity index (χ1n) is 11.0. The van der Waals surface area contributed by atoms with Gasteiger partial charge in [-0.15, -0.1) is 0 Å². The quantitative estimate of drug-likeness (QED) is 0.305. The monoisotopic (exact) mass is 387 g/mol. The van der Waals surface area contributed by atoms with Crippen molar-refractivity contribution < 1.29 is 24.9 Å². The molecule has 0 aliphatic carbocycles. The van der Waals surface area contributed by atoms with Crippen LogP contribution >= 0.6 is 0 Å². The van der Waals surface area contributed by atoms with Crippen molar-refractivity contribution in [2.24, 2.45) is 0 Å². The number of carbonyl (C=O) groups excluding carboxylic acids is 1. The van der Waals surface area contributed by atoms with Crippen LogP contribution in [-0.2, 0) is 9.53 Å². The number of nitrogens with one attached hydrogen (secondary N) is 1. The Morgan fingerprint density at radius 3 is 1.78 bits per heavy atom. The summed E-state index contributed by atoms with van der Waals surface area (Å²) in [4.78, 5) is 11.9. The minimum absolute atomic E-state index is 0.00693. The van der Waals surface area contributed by atoms with Gasteiger partial charge in [-0.1, -0.05) is 77.6 Å². The van der Waals surface area contributed by atoms with Gasteiger partial charge in [0.05, 0.1) is 19.1 Å². The van der Waals surface area contributed by atoms with Gasteiger partial charge in [0, 0.05) is 6.54 Å². The maximum absolute atomic E-state index is 11.9. The molecule has 1 rings (SSSR count).